The van der Waals surface area contributed by atoms with Gasteiger partial charge in [-0.3, -0.25) is 10.5 Å². The summed E-state index contributed by atoms with van der Waals surface area (Å²) in [5, 5.41) is 0.657. The van der Waals surface area contributed by atoms with Crippen molar-refractivity contribution in [2.75, 3.05) is 5.73 Å². The highest BCUT2D eigenvalue weighted by Crippen LogP contribution is 2.23. The summed E-state index contributed by atoms with van der Waals surface area (Å²) in [5.74, 6) is 0.504. The third-order valence-corrected chi connectivity index (χ3v) is 4.59. The predicted octanol–water partition coefficient (Wildman–Crippen LogP) is 3.86. The Morgan fingerprint density at radius 1 is 1.25 bits per heavy atom. The highest BCUT2D eigenvalue weighted by molar-refractivity contribution is 9.10. The fraction of sp³-hybridized carbons (Fsp3) is 0.111. The molecule has 3 aromatic rings. The van der Waals surface area contributed by atoms with Gasteiger partial charge in [-0.1, -0.05) is 51.8 Å². The van der Waals surface area contributed by atoms with Crippen LogP contribution in [0.3, 0.4) is 0 Å². The van der Waals surface area contributed by atoms with E-state index in [1.54, 1.807) is 16.7 Å². The Balaban J connectivity index is 1.92. The zero-order valence-corrected chi connectivity index (χ0v) is 15.4. The molecule has 24 heavy (non-hydrogen) atoms. The molecular formula is C18H16BrClN3O+. The van der Waals surface area contributed by atoms with Gasteiger partial charge in [-0.2, -0.15) is 0 Å². The first kappa shape index (κ1) is 16.7. The van der Waals surface area contributed by atoms with Gasteiger partial charge in [0, 0.05) is 20.6 Å². The Morgan fingerprint density at radius 3 is 2.71 bits per heavy atom. The number of hydrogen-bond acceptors (Lipinski definition) is 2. The van der Waals surface area contributed by atoms with E-state index in [-0.39, 0.29) is 12.3 Å². The van der Waals surface area contributed by atoms with Crippen molar-refractivity contribution >= 4 is 39.3 Å². The number of carbonyl (C=O) groups excluding carboxylic acids is 1. The summed E-state index contributed by atoms with van der Waals surface area (Å²) in [7, 11) is 1.87. The lowest BCUT2D eigenvalue weighted by molar-refractivity contribution is -0.667. The SMILES string of the molecule is Cn1c(-c2cccc(Cl)c2)c[n+](CC(=O)c2cccc(Br)c2)c1N. The van der Waals surface area contributed by atoms with Gasteiger partial charge < -0.3 is 0 Å². The minimum absolute atomic E-state index is 0.00348. The molecule has 1 aromatic heterocycles. The molecule has 0 atom stereocenters. The Labute approximate surface area is 153 Å². The Bertz CT molecular complexity index is 920. The van der Waals surface area contributed by atoms with E-state index < -0.39 is 0 Å². The zero-order chi connectivity index (χ0) is 17.3. The van der Waals surface area contributed by atoms with Gasteiger partial charge in [0.05, 0.1) is 7.05 Å². The average Bonchev–Trinajstić information content (AvgIpc) is 2.83. The van der Waals surface area contributed by atoms with E-state index in [0.717, 1.165) is 15.7 Å². The summed E-state index contributed by atoms with van der Waals surface area (Å²) in [5.41, 5.74) is 8.66. The summed E-state index contributed by atoms with van der Waals surface area (Å²) in [6.45, 7) is 0.177. The first-order valence-corrected chi connectivity index (χ1v) is 8.52. The van der Waals surface area contributed by atoms with Crippen molar-refractivity contribution < 1.29 is 9.36 Å². The van der Waals surface area contributed by atoms with Crippen LogP contribution in [0, 0.1) is 0 Å². The molecule has 0 aliphatic heterocycles. The number of nitrogens with two attached hydrogens (primary N) is 1. The number of Topliss-reactive ketones (excluding diaryl/α,β-unsaturated/α-hetero) is 1. The number of nitrogens with zero attached hydrogens (tertiary/aromatic N) is 2. The summed E-state index contributed by atoms with van der Waals surface area (Å²) < 4.78 is 4.47. The molecule has 2 aromatic carbocycles. The van der Waals surface area contributed by atoms with Gasteiger partial charge in [0.15, 0.2) is 5.78 Å². The number of benzene rings is 2. The zero-order valence-electron chi connectivity index (χ0n) is 13.0. The van der Waals surface area contributed by atoms with Gasteiger partial charge in [0.25, 0.3) is 0 Å². The number of rotatable bonds is 4. The first-order valence-electron chi connectivity index (χ1n) is 7.35. The molecular weight excluding hydrogens is 390 g/mol. The fourth-order valence-corrected chi connectivity index (χ4v) is 3.16. The molecule has 3 rings (SSSR count). The summed E-state index contributed by atoms with van der Waals surface area (Å²) in [4.78, 5) is 12.5. The highest BCUT2D eigenvalue weighted by Gasteiger charge is 2.20. The van der Waals surface area contributed by atoms with E-state index in [2.05, 4.69) is 15.9 Å². The first-order chi connectivity index (χ1) is 11.5. The predicted molar refractivity (Wildman–Crippen MR) is 98.9 cm³/mol. The molecule has 2 N–H and O–H groups in total. The van der Waals surface area contributed by atoms with E-state index in [0.29, 0.717) is 16.5 Å². The number of ketones is 1. The maximum absolute atomic E-state index is 12.5. The van der Waals surface area contributed by atoms with Crippen molar-refractivity contribution in [1.82, 2.24) is 4.57 Å². The van der Waals surface area contributed by atoms with E-state index in [9.17, 15) is 4.79 Å². The van der Waals surface area contributed by atoms with Gasteiger partial charge in [-0.25, -0.2) is 9.13 Å². The van der Waals surface area contributed by atoms with Crippen LogP contribution in [-0.2, 0) is 13.6 Å². The van der Waals surface area contributed by atoms with Crippen LogP contribution in [0.1, 0.15) is 10.4 Å². The molecule has 0 bridgehead atoms. The van der Waals surface area contributed by atoms with Crippen molar-refractivity contribution in [3.05, 3.63) is 69.8 Å². The molecule has 0 spiro atoms. The van der Waals surface area contributed by atoms with Crippen LogP contribution in [0.4, 0.5) is 5.95 Å². The van der Waals surface area contributed by atoms with E-state index in [1.165, 1.54) is 0 Å². The number of hydrogen-bond donors (Lipinski definition) is 1. The number of aromatic nitrogens is 2. The average molecular weight is 406 g/mol. The van der Waals surface area contributed by atoms with Crippen molar-refractivity contribution in [2.24, 2.45) is 7.05 Å². The van der Waals surface area contributed by atoms with Crippen LogP contribution >= 0.6 is 27.5 Å². The van der Waals surface area contributed by atoms with Crippen molar-refractivity contribution in [1.29, 1.82) is 0 Å². The van der Waals surface area contributed by atoms with Crippen LogP contribution in [0.25, 0.3) is 11.3 Å². The lowest BCUT2D eigenvalue weighted by Gasteiger charge is -2.01. The lowest BCUT2D eigenvalue weighted by atomic mass is 10.1. The Morgan fingerprint density at radius 2 is 2.00 bits per heavy atom. The molecule has 0 unspecified atom stereocenters. The molecule has 0 amide bonds. The van der Waals surface area contributed by atoms with E-state index in [4.69, 9.17) is 17.3 Å². The largest absolute Gasteiger partial charge is 0.355 e. The van der Waals surface area contributed by atoms with Gasteiger partial charge in [0.2, 0.25) is 0 Å². The van der Waals surface area contributed by atoms with Crippen LogP contribution in [-0.4, -0.2) is 10.4 Å². The van der Waals surface area contributed by atoms with Crippen LogP contribution in [0.5, 0.6) is 0 Å². The molecule has 0 aliphatic rings. The molecule has 0 saturated carbocycles. The molecule has 122 valence electrons. The quantitative estimate of drug-likeness (QED) is 0.529. The smallest absolute Gasteiger partial charge is 0.291 e. The van der Waals surface area contributed by atoms with Gasteiger partial charge in [0.1, 0.15) is 18.4 Å². The van der Waals surface area contributed by atoms with Crippen molar-refractivity contribution in [2.45, 2.75) is 6.54 Å². The number of anilines is 1. The van der Waals surface area contributed by atoms with Gasteiger partial charge in [-0.15, -0.1) is 0 Å². The fourth-order valence-electron chi connectivity index (χ4n) is 2.57. The standard InChI is InChI=1S/C18H15BrClN3O/c1-22-16(12-4-3-7-15(20)9-12)10-23(18(22)21)11-17(24)13-5-2-6-14(19)8-13/h2-10,21H,11H2,1H3/p+1. The van der Waals surface area contributed by atoms with E-state index >= 15 is 0 Å². The number of carbonyl (C=O) groups is 1. The van der Waals surface area contributed by atoms with Crippen molar-refractivity contribution in [3.63, 3.8) is 0 Å². The minimum Gasteiger partial charge on any atom is -0.291 e. The minimum atomic E-state index is -0.00348. The molecule has 4 nitrogen and oxygen atoms in total. The number of imidazole rings is 1. The molecule has 0 aliphatic carbocycles. The highest BCUT2D eigenvalue weighted by atomic mass is 79.9. The number of nitrogen functional groups attached to an aromatic ring is 1. The van der Waals surface area contributed by atoms with Crippen LogP contribution in [0.15, 0.2) is 59.2 Å². The third-order valence-electron chi connectivity index (χ3n) is 3.86. The summed E-state index contributed by atoms with van der Waals surface area (Å²) >= 11 is 9.45. The molecule has 1 heterocycles. The van der Waals surface area contributed by atoms with Crippen LogP contribution in [0.2, 0.25) is 5.02 Å². The van der Waals surface area contributed by atoms with E-state index in [1.807, 2.05) is 54.2 Å². The van der Waals surface area contributed by atoms with Crippen LogP contribution < -0.4 is 10.3 Å². The monoisotopic (exact) mass is 404 g/mol. The Hall–Kier alpha value is -2.11. The topological polar surface area (TPSA) is 51.9 Å². The maximum atomic E-state index is 12.5. The molecule has 0 fully saturated rings. The van der Waals surface area contributed by atoms with Crippen molar-refractivity contribution in [3.8, 4) is 11.3 Å². The Kier molecular flexibility index (Phi) is 4.73. The molecule has 0 radical (unpaired) electrons. The molecule has 6 heteroatoms. The van der Waals surface area contributed by atoms with Gasteiger partial charge >= 0.3 is 5.95 Å². The second-order valence-electron chi connectivity index (χ2n) is 5.50. The number of halogens is 2. The van der Waals surface area contributed by atoms with Gasteiger partial charge in [-0.05, 0) is 24.3 Å². The normalized spacial score (nSPS) is 10.8. The second kappa shape index (κ2) is 6.79. The summed E-state index contributed by atoms with van der Waals surface area (Å²) in [6.07, 6.45) is 1.87. The third kappa shape index (κ3) is 3.37. The maximum Gasteiger partial charge on any atom is 0.355 e. The summed E-state index contributed by atoms with van der Waals surface area (Å²) in [6, 6.07) is 14.9. The lowest BCUT2D eigenvalue weighted by Crippen LogP contribution is -2.39. The second-order valence-corrected chi connectivity index (χ2v) is 6.86. The molecule has 0 saturated heterocycles.